The zero-order valence-corrected chi connectivity index (χ0v) is 5.29. The summed E-state index contributed by atoms with van der Waals surface area (Å²) in [5.41, 5.74) is 0. The SMILES string of the molecule is FC1=CCCCC1Cl. The maximum atomic E-state index is 12.3. The smallest absolute Gasteiger partial charge is 0.114 e. The van der Waals surface area contributed by atoms with E-state index in [4.69, 9.17) is 11.6 Å². The van der Waals surface area contributed by atoms with E-state index in [-0.39, 0.29) is 11.2 Å². The second-order valence-corrected chi connectivity index (χ2v) is 2.51. The Morgan fingerprint density at radius 2 is 2.50 bits per heavy atom. The molecule has 0 radical (unpaired) electrons. The molecule has 0 aliphatic heterocycles. The van der Waals surface area contributed by atoms with Crippen LogP contribution in [0.5, 0.6) is 0 Å². The predicted octanol–water partition coefficient (Wildman–Crippen LogP) is 2.63. The van der Waals surface area contributed by atoms with Crippen molar-refractivity contribution in [2.45, 2.75) is 24.6 Å². The van der Waals surface area contributed by atoms with Gasteiger partial charge in [-0.15, -0.1) is 11.6 Å². The lowest BCUT2D eigenvalue weighted by Crippen LogP contribution is -2.02. The van der Waals surface area contributed by atoms with Gasteiger partial charge in [-0.05, 0) is 19.3 Å². The third kappa shape index (κ3) is 1.22. The third-order valence-electron chi connectivity index (χ3n) is 1.30. The highest BCUT2D eigenvalue weighted by Crippen LogP contribution is 2.23. The fourth-order valence-corrected chi connectivity index (χ4v) is 1.05. The predicted molar refractivity (Wildman–Crippen MR) is 32.7 cm³/mol. The lowest BCUT2D eigenvalue weighted by Gasteiger charge is -2.10. The summed E-state index contributed by atoms with van der Waals surface area (Å²) in [6.45, 7) is 0. The molecule has 1 aliphatic rings. The van der Waals surface area contributed by atoms with Crippen LogP contribution in [-0.4, -0.2) is 5.38 Å². The molecule has 0 heterocycles. The maximum Gasteiger partial charge on any atom is 0.114 e. The van der Waals surface area contributed by atoms with E-state index in [1.54, 1.807) is 6.08 Å². The summed E-state index contributed by atoms with van der Waals surface area (Å²) in [6, 6.07) is 0. The Kier molecular flexibility index (Phi) is 1.90. The molecular formula is C6H8ClF. The fraction of sp³-hybridized carbons (Fsp3) is 0.667. The Bertz CT molecular complexity index is 109. The number of halogens is 2. The maximum absolute atomic E-state index is 12.3. The molecule has 0 aromatic carbocycles. The van der Waals surface area contributed by atoms with Gasteiger partial charge in [-0.25, -0.2) is 4.39 Å². The summed E-state index contributed by atoms with van der Waals surface area (Å²) in [7, 11) is 0. The zero-order chi connectivity index (χ0) is 5.98. The molecular weight excluding hydrogens is 127 g/mol. The quantitative estimate of drug-likeness (QED) is 0.447. The molecule has 0 amide bonds. The molecule has 0 spiro atoms. The highest BCUT2D eigenvalue weighted by molar-refractivity contribution is 6.22. The van der Waals surface area contributed by atoms with E-state index in [1.807, 2.05) is 0 Å². The van der Waals surface area contributed by atoms with Crippen molar-refractivity contribution in [3.63, 3.8) is 0 Å². The number of rotatable bonds is 0. The van der Waals surface area contributed by atoms with Crippen molar-refractivity contribution in [1.82, 2.24) is 0 Å². The van der Waals surface area contributed by atoms with Crippen molar-refractivity contribution >= 4 is 11.6 Å². The average Bonchev–Trinajstić information content (AvgIpc) is 1.77. The topological polar surface area (TPSA) is 0 Å². The molecule has 8 heavy (non-hydrogen) atoms. The molecule has 0 bridgehead atoms. The fourth-order valence-electron chi connectivity index (χ4n) is 0.803. The monoisotopic (exact) mass is 134 g/mol. The molecule has 0 fully saturated rings. The third-order valence-corrected chi connectivity index (χ3v) is 1.73. The Labute approximate surface area is 53.3 Å². The summed E-state index contributed by atoms with van der Waals surface area (Å²) >= 11 is 5.52. The van der Waals surface area contributed by atoms with Crippen LogP contribution in [0.15, 0.2) is 11.9 Å². The van der Waals surface area contributed by atoms with Crippen molar-refractivity contribution in [2.24, 2.45) is 0 Å². The molecule has 1 rings (SSSR count). The van der Waals surface area contributed by atoms with Gasteiger partial charge in [-0.2, -0.15) is 0 Å². The highest BCUT2D eigenvalue weighted by Gasteiger charge is 2.13. The van der Waals surface area contributed by atoms with Crippen molar-refractivity contribution in [3.05, 3.63) is 11.9 Å². The molecule has 1 atom stereocenters. The Hall–Kier alpha value is -0.0400. The Balaban J connectivity index is 2.53. The summed E-state index contributed by atoms with van der Waals surface area (Å²) in [5, 5.41) is -0.330. The van der Waals surface area contributed by atoms with E-state index in [0.717, 1.165) is 19.3 Å². The van der Waals surface area contributed by atoms with Crippen LogP contribution in [0.1, 0.15) is 19.3 Å². The summed E-state index contributed by atoms with van der Waals surface area (Å²) in [6.07, 6.45) is 4.25. The van der Waals surface area contributed by atoms with Crippen LogP contribution in [0, 0.1) is 0 Å². The zero-order valence-electron chi connectivity index (χ0n) is 4.53. The van der Waals surface area contributed by atoms with Crippen molar-refractivity contribution in [3.8, 4) is 0 Å². The van der Waals surface area contributed by atoms with Gasteiger partial charge < -0.3 is 0 Å². The van der Waals surface area contributed by atoms with Crippen molar-refractivity contribution in [2.75, 3.05) is 0 Å². The Morgan fingerprint density at radius 1 is 1.75 bits per heavy atom. The van der Waals surface area contributed by atoms with Gasteiger partial charge in [-0.1, -0.05) is 6.08 Å². The van der Waals surface area contributed by atoms with Crippen LogP contribution in [-0.2, 0) is 0 Å². The minimum Gasteiger partial charge on any atom is -0.211 e. The van der Waals surface area contributed by atoms with Gasteiger partial charge in [0.1, 0.15) is 5.83 Å². The van der Waals surface area contributed by atoms with E-state index >= 15 is 0 Å². The number of allylic oxidation sites excluding steroid dienone is 2. The second-order valence-electron chi connectivity index (χ2n) is 1.99. The number of hydrogen-bond donors (Lipinski definition) is 0. The summed E-state index contributed by atoms with van der Waals surface area (Å²) < 4.78 is 12.3. The molecule has 2 heteroatoms. The van der Waals surface area contributed by atoms with E-state index < -0.39 is 0 Å². The minimum absolute atomic E-state index is 0.141. The minimum atomic E-state index is -0.330. The van der Waals surface area contributed by atoms with Gasteiger partial charge in [0.2, 0.25) is 0 Å². The standard InChI is InChI=1S/C6H8ClF/c7-5-3-1-2-4-6(5)8/h4-5H,1-3H2. The first kappa shape index (κ1) is 6.09. The van der Waals surface area contributed by atoms with Gasteiger partial charge in [0.05, 0.1) is 5.38 Å². The normalized spacial score (nSPS) is 29.8. The van der Waals surface area contributed by atoms with Gasteiger partial charge in [0.25, 0.3) is 0 Å². The summed E-state index contributed by atoms with van der Waals surface area (Å²) in [4.78, 5) is 0. The van der Waals surface area contributed by atoms with Crippen LogP contribution >= 0.6 is 11.6 Å². The average molecular weight is 135 g/mol. The van der Waals surface area contributed by atoms with Crippen molar-refractivity contribution < 1.29 is 4.39 Å². The first-order valence-corrected chi connectivity index (χ1v) is 3.24. The molecule has 0 aromatic rings. The van der Waals surface area contributed by atoms with Gasteiger partial charge >= 0.3 is 0 Å². The van der Waals surface area contributed by atoms with E-state index in [2.05, 4.69) is 0 Å². The first-order valence-electron chi connectivity index (χ1n) is 2.80. The van der Waals surface area contributed by atoms with Crippen molar-refractivity contribution in [1.29, 1.82) is 0 Å². The largest absolute Gasteiger partial charge is 0.211 e. The van der Waals surface area contributed by atoms with Gasteiger partial charge in [0, 0.05) is 0 Å². The van der Waals surface area contributed by atoms with E-state index in [1.165, 1.54) is 0 Å². The van der Waals surface area contributed by atoms with E-state index in [0.29, 0.717) is 0 Å². The van der Waals surface area contributed by atoms with Gasteiger partial charge in [-0.3, -0.25) is 0 Å². The molecule has 1 unspecified atom stereocenters. The molecule has 0 saturated heterocycles. The lowest BCUT2D eigenvalue weighted by atomic mass is 10.1. The van der Waals surface area contributed by atoms with Gasteiger partial charge in [0.15, 0.2) is 0 Å². The molecule has 0 aromatic heterocycles. The molecule has 0 nitrogen and oxygen atoms in total. The van der Waals surface area contributed by atoms with Crippen LogP contribution in [0.4, 0.5) is 4.39 Å². The second kappa shape index (κ2) is 2.49. The number of hydrogen-bond acceptors (Lipinski definition) is 0. The van der Waals surface area contributed by atoms with Crippen LogP contribution in [0.25, 0.3) is 0 Å². The molecule has 1 aliphatic carbocycles. The Morgan fingerprint density at radius 3 is 2.88 bits per heavy atom. The number of alkyl halides is 1. The van der Waals surface area contributed by atoms with E-state index in [9.17, 15) is 4.39 Å². The molecule has 46 valence electrons. The highest BCUT2D eigenvalue weighted by atomic mass is 35.5. The van der Waals surface area contributed by atoms with Crippen LogP contribution in [0.3, 0.4) is 0 Å². The first-order chi connectivity index (χ1) is 3.80. The molecule has 0 N–H and O–H groups in total. The van der Waals surface area contributed by atoms with Crippen LogP contribution < -0.4 is 0 Å². The lowest BCUT2D eigenvalue weighted by molar-refractivity contribution is 0.538. The summed E-state index contributed by atoms with van der Waals surface area (Å²) in [5.74, 6) is -0.141. The molecule has 0 saturated carbocycles. The van der Waals surface area contributed by atoms with Crippen LogP contribution in [0.2, 0.25) is 0 Å².